The van der Waals surface area contributed by atoms with E-state index >= 15 is 0 Å². The molecule has 1 atom stereocenters. The van der Waals surface area contributed by atoms with Crippen molar-refractivity contribution in [3.8, 4) is 17.2 Å². The number of esters is 1. The molecule has 0 saturated heterocycles. The summed E-state index contributed by atoms with van der Waals surface area (Å²) in [7, 11) is 0. The summed E-state index contributed by atoms with van der Waals surface area (Å²) < 4.78 is 4.99. The van der Waals surface area contributed by atoms with Gasteiger partial charge in [0.25, 0.3) is 0 Å². The molecule has 0 fully saturated rings. The number of hydrogen-bond acceptors (Lipinski definition) is 5. The van der Waals surface area contributed by atoms with E-state index in [1.54, 1.807) is 0 Å². The number of carbonyl (C=O) groups is 1. The van der Waals surface area contributed by atoms with E-state index in [9.17, 15) is 15.0 Å². The SMILES string of the molecule is CCC(C)COC(=O)c1cc(O)c(O)c(O)c1. The van der Waals surface area contributed by atoms with Gasteiger partial charge in [-0.15, -0.1) is 0 Å². The number of ether oxygens (including phenoxy) is 1. The topological polar surface area (TPSA) is 87.0 Å². The second-order valence-electron chi connectivity index (χ2n) is 3.97. The highest BCUT2D eigenvalue weighted by Gasteiger charge is 2.15. The number of benzene rings is 1. The molecule has 0 aliphatic heterocycles. The molecule has 3 N–H and O–H groups in total. The summed E-state index contributed by atoms with van der Waals surface area (Å²) in [5, 5.41) is 27.6. The lowest BCUT2D eigenvalue weighted by Crippen LogP contribution is -2.11. The standard InChI is InChI=1S/C12H16O5/c1-3-7(2)6-17-12(16)8-4-9(13)11(15)10(14)5-8/h4-5,7,13-15H,3,6H2,1-2H3. The van der Waals surface area contributed by atoms with Gasteiger partial charge in [0.1, 0.15) is 0 Å². The second-order valence-corrected chi connectivity index (χ2v) is 3.97. The third-order valence-electron chi connectivity index (χ3n) is 2.50. The van der Waals surface area contributed by atoms with Gasteiger partial charge in [0.2, 0.25) is 0 Å². The van der Waals surface area contributed by atoms with Crippen molar-refractivity contribution >= 4 is 5.97 Å². The average molecular weight is 240 g/mol. The van der Waals surface area contributed by atoms with Crippen LogP contribution in [-0.4, -0.2) is 27.9 Å². The first kappa shape index (κ1) is 13.2. The van der Waals surface area contributed by atoms with Crippen LogP contribution in [0.1, 0.15) is 30.6 Å². The fourth-order valence-electron chi connectivity index (χ4n) is 1.14. The lowest BCUT2D eigenvalue weighted by molar-refractivity contribution is 0.0446. The van der Waals surface area contributed by atoms with Gasteiger partial charge in [0.15, 0.2) is 17.2 Å². The Morgan fingerprint density at radius 3 is 2.29 bits per heavy atom. The first-order valence-corrected chi connectivity index (χ1v) is 5.37. The molecule has 0 heterocycles. The minimum Gasteiger partial charge on any atom is -0.504 e. The van der Waals surface area contributed by atoms with E-state index in [1.165, 1.54) is 0 Å². The van der Waals surface area contributed by atoms with Crippen LogP contribution >= 0.6 is 0 Å². The number of carbonyl (C=O) groups excluding carboxylic acids is 1. The van der Waals surface area contributed by atoms with E-state index < -0.39 is 23.2 Å². The zero-order valence-electron chi connectivity index (χ0n) is 9.80. The molecule has 94 valence electrons. The molecule has 1 aromatic carbocycles. The highest BCUT2D eigenvalue weighted by Crippen LogP contribution is 2.35. The van der Waals surface area contributed by atoms with Gasteiger partial charge in [-0.25, -0.2) is 4.79 Å². The minimum atomic E-state index is -0.650. The van der Waals surface area contributed by atoms with Crippen molar-refractivity contribution in [2.24, 2.45) is 5.92 Å². The maximum Gasteiger partial charge on any atom is 0.338 e. The molecule has 0 aliphatic rings. The van der Waals surface area contributed by atoms with Crippen LogP contribution in [0.15, 0.2) is 12.1 Å². The first-order chi connectivity index (χ1) is 7.95. The zero-order valence-corrected chi connectivity index (χ0v) is 9.80. The Morgan fingerprint density at radius 1 is 1.29 bits per heavy atom. The number of rotatable bonds is 4. The molecule has 1 rings (SSSR count). The summed E-state index contributed by atoms with van der Waals surface area (Å²) in [6, 6.07) is 2.10. The van der Waals surface area contributed by atoms with Crippen molar-refractivity contribution in [3.05, 3.63) is 17.7 Å². The maximum absolute atomic E-state index is 11.6. The molecule has 0 spiro atoms. The van der Waals surface area contributed by atoms with E-state index in [-0.39, 0.29) is 18.1 Å². The smallest absolute Gasteiger partial charge is 0.338 e. The van der Waals surface area contributed by atoms with E-state index in [0.29, 0.717) is 0 Å². The van der Waals surface area contributed by atoms with E-state index in [0.717, 1.165) is 18.6 Å². The molecule has 5 heteroatoms. The Bertz CT molecular complexity index is 390. The minimum absolute atomic E-state index is 0.00102. The van der Waals surface area contributed by atoms with Gasteiger partial charge in [0, 0.05) is 0 Å². The normalized spacial score (nSPS) is 12.1. The molecule has 0 bridgehead atoms. The fourth-order valence-corrected chi connectivity index (χ4v) is 1.14. The Labute approximate surface area is 99.3 Å². The molecule has 0 amide bonds. The third-order valence-corrected chi connectivity index (χ3v) is 2.50. The van der Waals surface area contributed by atoms with Crippen molar-refractivity contribution in [2.75, 3.05) is 6.61 Å². The summed E-state index contributed by atoms with van der Waals surface area (Å²) in [6.45, 7) is 4.20. The summed E-state index contributed by atoms with van der Waals surface area (Å²) in [4.78, 5) is 11.6. The number of phenols is 3. The monoisotopic (exact) mass is 240 g/mol. The predicted octanol–water partition coefficient (Wildman–Crippen LogP) is 2.01. The third kappa shape index (κ3) is 3.27. The van der Waals surface area contributed by atoms with E-state index in [1.807, 2.05) is 13.8 Å². The van der Waals surface area contributed by atoms with Crippen LogP contribution in [0.4, 0.5) is 0 Å². The quantitative estimate of drug-likeness (QED) is 0.553. The van der Waals surface area contributed by atoms with Crippen LogP contribution in [-0.2, 0) is 4.74 Å². The van der Waals surface area contributed by atoms with E-state index in [2.05, 4.69) is 0 Å². The first-order valence-electron chi connectivity index (χ1n) is 5.37. The van der Waals surface area contributed by atoms with E-state index in [4.69, 9.17) is 9.84 Å². The van der Waals surface area contributed by atoms with Gasteiger partial charge in [-0.3, -0.25) is 0 Å². The summed E-state index contributed by atoms with van der Waals surface area (Å²) in [6.07, 6.45) is 0.888. The molecule has 0 saturated carbocycles. The molecule has 1 aromatic rings. The maximum atomic E-state index is 11.6. The van der Waals surface area contributed by atoms with Crippen LogP contribution in [0.5, 0.6) is 17.2 Å². The van der Waals surface area contributed by atoms with Crippen molar-refractivity contribution in [3.63, 3.8) is 0 Å². The molecule has 17 heavy (non-hydrogen) atoms. The average Bonchev–Trinajstić information content (AvgIpc) is 2.31. The molecular formula is C12H16O5. The zero-order chi connectivity index (χ0) is 13.0. The highest BCUT2D eigenvalue weighted by molar-refractivity contribution is 5.91. The number of phenolic OH excluding ortho intramolecular Hbond substituents is 3. The molecule has 1 unspecified atom stereocenters. The molecule has 0 aromatic heterocycles. The van der Waals surface area contributed by atoms with Gasteiger partial charge in [-0.05, 0) is 18.1 Å². The van der Waals surface area contributed by atoms with Crippen LogP contribution in [0.25, 0.3) is 0 Å². The van der Waals surface area contributed by atoms with Gasteiger partial charge >= 0.3 is 5.97 Å². The van der Waals surface area contributed by atoms with Crippen molar-refractivity contribution in [2.45, 2.75) is 20.3 Å². The lowest BCUT2D eigenvalue weighted by Gasteiger charge is -2.10. The number of aromatic hydroxyl groups is 3. The lowest BCUT2D eigenvalue weighted by atomic mass is 10.1. The number of hydrogen-bond donors (Lipinski definition) is 3. The van der Waals surface area contributed by atoms with Crippen molar-refractivity contribution < 1.29 is 24.9 Å². The molecule has 0 aliphatic carbocycles. The Kier molecular flexibility index (Phi) is 4.20. The van der Waals surface area contributed by atoms with Crippen molar-refractivity contribution in [1.82, 2.24) is 0 Å². The van der Waals surface area contributed by atoms with Crippen LogP contribution in [0.2, 0.25) is 0 Å². The summed E-state index contributed by atoms with van der Waals surface area (Å²) in [5.74, 6) is -2.15. The Balaban J connectivity index is 2.76. The molecular weight excluding hydrogens is 224 g/mol. The van der Waals surface area contributed by atoms with Gasteiger partial charge < -0.3 is 20.1 Å². The van der Waals surface area contributed by atoms with Crippen LogP contribution in [0.3, 0.4) is 0 Å². The fraction of sp³-hybridized carbons (Fsp3) is 0.417. The molecule has 5 nitrogen and oxygen atoms in total. The largest absolute Gasteiger partial charge is 0.504 e. The molecule has 0 radical (unpaired) electrons. The van der Waals surface area contributed by atoms with Crippen LogP contribution in [0, 0.1) is 5.92 Å². The highest BCUT2D eigenvalue weighted by atomic mass is 16.5. The summed E-state index contributed by atoms with van der Waals surface area (Å²) >= 11 is 0. The van der Waals surface area contributed by atoms with Gasteiger partial charge in [0.05, 0.1) is 12.2 Å². The predicted molar refractivity (Wildman–Crippen MR) is 61.2 cm³/mol. The van der Waals surface area contributed by atoms with Crippen molar-refractivity contribution in [1.29, 1.82) is 0 Å². The van der Waals surface area contributed by atoms with Gasteiger partial charge in [-0.2, -0.15) is 0 Å². The Hall–Kier alpha value is -1.91. The second kappa shape index (κ2) is 5.43. The summed E-state index contributed by atoms with van der Waals surface area (Å²) in [5.41, 5.74) is 0.00102. The Morgan fingerprint density at radius 2 is 1.82 bits per heavy atom. The van der Waals surface area contributed by atoms with Crippen LogP contribution < -0.4 is 0 Å². The van der Waals surface area contributed by atoms with Gasteiger partial charge in [-0.1, -0.05) is 20.3 Å².